The second kappa shape index (κ2) is 13.8. The highest BCUT2D eigenvalue weighted by atomic mass is 16.7. The molecule has 0 N–H and O–H groups in total. The van der Waals surface area contributed by atoms with Gasteiger partial charge in [0.25, 0.3) is 0 Å². The predicted octanol–water partition coefficient (Wildman–Crippen LogP) is 6.29. The minimum absolute atomic E-state index is 0.00318. The van der Waals surface area contributed by atoms with Crippen molar-refractivity contribution in [2.75, 3.05) is 20.3 Å². The SMILES string of the molecule is CCCCC[C@@H](CCCC1[C@H]2Cc3cccc(OCC=O)c3C[C@H]2C[C@H]1OC)OC1CCCCO1. The first kappa shape index (κ1) is 26.6. The van der Waals surface area contributed by atoms with Crippen molar-refractivity contribution in [3.05, 3.63) is 29.3 Å². The van der Waals surface area contributed by atoms with Crippen LogP contribution >= 0.6 is 0 Å². The van der Waals surface area contributed by atoms with E-state index in [0.717, 1.165) is 63.6 Å². The Morgan fingerprint density at radius 2 is 2.03 bits per heavy atom. The summed E-state index contributed by atoms with van der Waals surface area (Å²) in [5.41, 5.74) is 2.70. The molecule has 0 radical (unpaired) electrons. The number of carbonyl (C=O) groups is 1. The van der Waals surface area contributed by atoms with E-state index in [4.69, 9.17) is 18.9 Å². The molecule has 1 saturated carbocycles. The van der Waals surface area contributed by atoms with Crippen LogP contribution in [0.15, 0.2) is 18.2 Å². The quantitative estimate of drug-likeness (QED) is 0.228. The molecular formula is C30H46O5. The number of aldehydes is 1. The second-order valence-electron chi connectivity index (χ2n) is 10.9. The smallest absolute Gasteiger partial charge is 0.157 e. The molecule has 1 aromatic rings. The highest BCUT2D eigenvalue weighted by Crippen LogP contribution is 2.49. The number of fused-ring (bicyclic) bond motifs is 2. The number of methoxy groups -OCH3 is 1. The molecule has 0 spiro atoms. The fourth-order valence-corrected chi connectivity index (χ4v) is 6.82. The van der Waals surface area contributed by atoms with Crippen molar-refractivity contribution < 1.29 is 23.7 Å². The van der Waals surface area contributed by atoms with Gasteiger partial charge in [0.15, 0.2) is 12.6 Å². The van der Waals surface area contributed by atoms with E-state index in [-0.39, 0.29) is 12.9 Å². The minimum atomic E-state index is 0.00318. The van der Waals surface area contributed by atoms with Crippen molar-refractivity contribution in [3.8, 4) is 5.75 Å². The van der Waals surface area contributed by atoms with E-state index in [0.29, 0.717) is 30.0 Å². The molecule has 196 valence electrons. The van der Waals surface area contributed by atoms with Gasteiger partial charge in [-0.1, -0.05) is 44.7 Å². The molecule has 6 atom stereocenters. The molecule has 1 aromatic carbocycles. The van der Waals surface area contributed by atoms with Gasteiger partial charge in [0, 0.05) is 13.7 Å². The molecule has 35 heavy (non-hydrogen) atoms. The third-order valence-corrected chi connectivity index (χ3v) is 8.61. The van der Waals surface area contributed by atoms with Gasteiger partial charge in [0.1, 0.15) is 12.4 Å². The Hall–Kier alpha value is -1.43. The average Bonchev–Trinajstić information content (AvgIpc) is 3.23. The van der Waals surface area contributed by atoms with Crippen LogP contribution in [0.3, 0.4) is 0 Å². The van der Waals surface area contributed by atoms with E-state index in [1.807, 2.05) is 13.2 Å². The maximum atomic E-state index is 10.8. The first-order valence-electron chi connectivity index (χ1n) is 14.2. The topological polar surface area (TPSA) is 54.0 Å². The zero-order chi connectivity index (χ0) is 24.5. The van der Waals surface area contributed by atoms with E-state index in [1.54, 1.807) is 0 Å². The number of hydrogen-bond donors (Lipinski definition) is 0. The lowest BCUT2D eigenvalue weighted by Crippen LogP contribution is -2.29. The average molecular weight is 487 g/mol. The third kappa shape index (κ3) is 7.08. The van der Waals surface area contributed by atoms with Crippen LogP contribution < -0.4 is 4.74 Å². The van der Waals surface area contributed by atoms with E-state index < -0.39 is 0 Å². The van der Waals surface area contributed by atoms with E-state index in [9.17, 15) is 4.79 Å². The molecule has 2 fully saturated rings. The van der Waals surface area contributed by atoms with Crippen molar-refractivity contribution >= 4 is 6.29 Å². The molecule has 1 heterocycles. The molecular weight excluding hydrogens is 440 g/mol. The lowest BCUT2D eigenvalue weighted by molar-refractivity contribution is -0.191. The van der Waals surface area contributed by atoms with Crippen molar-refractivity contribution in [2.24, 2.45) is 17.8 Å². The molecule has 1 saturated heterocycles. The fourth-order valence-electron chi connectivity index (χ4n) is 6.82. The van der Waals surface area contributed by atoms with E-state index in [1.165, 1.54) is 49.7 Å². The number of rotatable bonds is 14. The van der Waals surface area contributed by atoms with Gasteiger partial charge in [-0.3, -0.25) is 4.79 Å². The van der Waals surface area contributed by atoms with Crippen LogP contribution in [0.2, 0.25) is 0 Å². The summed E-state index contributed by atoms with van der Waals surface area (Å²) in [6.07, 6.45) is 16.6. The highest BCUT2D eigenvalue weighted by molar-refractivity contribution is 5.52. The van der Waals surface area contributed by atoms with Crippen molar-refractivity contribution in [1.82, 2.24) is 0 Å². The standard InChI is InChI=1S/C30H46O5/c1-3-4-5-11-24(35-30-15-6-7-17-34-30)12-9-13-25-26-19-22-10-8-14-28(33-18-16-31)27(22)20-23(26)21-29(25)32-2/h8,10,14,16,23-26,29-30H,3-7,9,11-13,15,17-21H2,1-2H3/t23-,24-,25?,26-,29+,30?/m0/s1. The maximum Gasteiger partial charge on any atom is 0.157 e. The summed E-state index contributed by atoms with van der Waals surface area (Å²) in [5.74, 6) is 2.78. The Labute approximate surface area is 212 Å². The zero-order valence-corrected chi connectivity index (χ0v) is 21.9. The van der Waals surface area contributed by atoms with Crippen LogP contribution in [0.5, 0.6) is 5.75 Å². The van der Waals surface area contributed by atoms with Crippen molar-refractivity contribution in [3.63, 3.8) is 0 Å². The van der Waals surface area contributed by atoms with E-state index in [2.05, 4.69) is 19.1 Å². The summed E-state index contributed by atoms with van der Waals surface area (Å²) < 4.78 is 24.1. The molecule has 1 aliphatic heterocycles. The summed E-state index contributed by atoms with van der Waals surface area (Å²) in [6.45, 7) is 3.23. The Bertz CT molecular complexity index is 774. The molecule has 3 aliphatic rings. The molecule has 0 amide bonds. The Kier molecular flexibility index (Phi) is 10.5. The van der Waals surface area contributed by atoms with Gasteiger partial charge in [-0.15, -0.1) is 0 Å². The Morgan fingerprint density at radius 3 is 2.80 bits per heavy atom. The molecule has 0 bridgehead atoms. The fraction of sp³-hybridized carbons (Fsp3) is 0.767. The summed E-state index contributed by atoms with van der Waals surface area (Å²) in [7, 11) is 1.89. The molecule has 2 aliphatic carbocycles. The van der Waals surface area contributed by atoms with Gasteiger partial charge in [-0.05, 0) is 92.7 Å². The number of benzene rings is 1. The monoisotopic (exact) mass is 486 g/mol. The molecule has 5 heteroatoms. The number of carbonyl (C=O) groups excluding carboxylic acids is 1. The lowest BCUT2D eigenvalue weighted by Gasteiger charge is -2.33. The van der Waals surface area contributed by atoms with Crippen molar-refractivity contribution in [2.45, 2.75) is 109 Å². The largest absolute Gasteiger partial charge is 0.486 e. The van der Waals surface area contributed by atoms with Crippen LogP contribution in [0.1, 0.15) is 88.7 Å². The molecule has 0 aromatic heterocycles. The van der Waals surface area contributed by atoms with Crippen LogP contribution in [-0.4, -0.2) is 45.1 Å². The van der Waals surface area contributed by atoms with Crippen LogP contribution in [-0.2, 0) is 31.8 Å². The highest BCUT2D eigenvalue weighted by Gasteiger charge is 2.45. The lowest BCUT2D eigenvalue weighted by atomic mass is 9.73. The van der Waals surface area contributed by atoms with Gasteiger partial charge in [-0.25, -0.2) is 0 Å². The van der Waals surface area contributed by atoms with Gasteiger partial charge in [-0.2, -0.15) is 0 Å². The first-order valence-corrected chi connectivity index (χ1v) is 14.2. The summed E-state index contributed by atoms with van der Waals surface area (Å²) in [5, 5.41) is 0. The summed E-state index contributed by atoms with van der Waals surface area (Å²) in [4.78, 5) is 10.8. The first-order chi connectivity index (χ1) is 17.2. The van der Waals surface area contributed by atoms with Crippen LogP contribution in [0, 0.1) is 17.8 Å². The van der Waals surface area contributed by atoms with Gasteiger partial charge in [0.05, 0.1) is 12.2 Å². The predicted molar refractivity (Wildman–Crippen MR) is 138 cm³/mol. The van der Waals surface area contributed by atoms with Crippen LogP contribution in [0.4, 0.5) is 0 Å². The van der Waals surface area contributed by atoms with Crippen LogP contribution in [0.25, 0.3) is 0 Å². The molecule has 5 nitrogen and oxygen atoms in total. The van der Waals surface area contributed by atoms with Gasteiger partial charge in [0.2, 0.25) is 0 Å². The van der Waals surface area contributed by atoms with E-state index >= 15 is 0 Å². The zero-order valence-electron chi connectivity index (χ0n) is 21.9. The molecule has 2 unspecified atom stereocenters. The Balaban J connectivity index is 1.35. The summed E-state index contributed by atoms with van der Waals surface area (Å²) >= 11 is 0. The Morgan fingerprint density at radius 1 is 1.14 bits per heavy atom. The normalized spacial score (nSPS) is 28.8. The number of hydrogen-bond acceptors (Lipinski definition) is 5. The maximum absolute atomic E-state index is 10.8. The van der Waals surface area contributed by atoms with Gasteiger partial charge >= 0.3 is 0 Å². The van der Waals surface area contributed by atoms with Crippen molar-refractivity contribution in [1.29, 1.82) is 0 Å². The second-order valence-corrected chi connectivity index (χ2v) is 10.9. The summed E-state index contributed by atoms with van der Waals surface area (Å²) in [6, 6.07) is 6.33. The molecule has 4 rings (SSSR count). The van der Waals surface area contributed by atoms with Gasteiger partial charge < -0.3 is 18.9 Å². The third-order valence-electron chi connectivity index (χ3n) is 8.61. The number of unbranched alkanes of at least 4 members (excludes halogenated alkanes) is 2. The minimum Gasteiger partial charge on any atom is -0.486 e. The number of ether oxygens (including phenoxy) is 4.